The standard InChI is InChI=1S/C19H24N4O/c1-13-7-8-14-12-15-9-10-23(18(15)21-17(14)11-13)22-19(24)20-16-5-3-2-4-6-16/h7-8,11-12,16H,2-6,9-10H2,1H3,(H2,20,22,24). The zero-order valence-electron chi connectivity index (χ0n) is 14.1. The topological polar surface area (TPSA) is 57.3 Å². The van der Waals surface area contributed by atoms with Crippen molar-refractivity contribution < 1.29 is 4.79 Å². The molecule has 0 bridgehead atoms. The molecule has 0 spiro atoms. The van der Waals surface area contributed by atoms with Crippen LogP contribution >= 0.6 is 0 Å². The van der Waals surface area contributed by atoms with Crippen LogP contribution in [0.4, 0.5) is 10.6 Å². The van der Waals surface area contributed by atoms with Crippen LogP contribution in [-0.4, -0.2) is 23.6 Å². The van der Waals surface area contributed by atoms with Crippen LogP contribution in [0.15, 0.2) is 24.3 Å². The Balaban J connectivity index is 1.49. The number of urea groups is 1. The highest BCUT2D eigenvalue weighted by atomic mass is 16.2. The Morgan fingerprint density at radius 2 is 2.04 bits per heavy atom. The molecule has 5 nitrogen and oxygen atoms in total. The molecular formula is C19H24N4O. The highest BCUT2D eigenvalue weighted by molar-refractivity contribution is 5.84. The zero-order chi connectivity index (χ0) is 16.5. The van der Waals surface area contributed by atoms with Crippen molar-refractivity contribution in [3.63, 3.8) is 0 Å². The quantitative estimate of drug-likeness (QED) is 0.889. The van der Waals surface area contributed by atoms with Crippen LogP contribution < -0.4 is 15.8 Å². The second-order valence-electron chi connectivity index (χ2n) is 6.99. The van der Waals surface area contributed by atoms with Crippen molar-refractivity contribution in [1.82, 2.24) is 15.7 Å². The average Bonchev–Trinajstić information content (AvgIpc) is 2.95. The Kier molecular flexibility index (Phi) is 4.00. The number of hydrazine groups is 1. The predicted molar refractivity (Wildman–Crippen MR) is 96.1 cm³/mol. The summed E-state index contributed by atoms with van der Waals surface area (Å²) < 4.78 is 0. The zero-order valence-corrected chi connectivity index (χ0v) is 14.1. The molecule has 1 aliphatic heterocycles. The summed E-state index contributed by atoms with van der Waals surface area (Å²) in [4.78, 5) is 17.1. The Morgan fingerprint density at radius 1 is 1.21 bits per heavy atom. The predicted octanol–water partition coefficient (Wildman–Crippen LogP) is 3.45. The van der Waals surface area contributed by atoms with Crippen LogP contribution in [0.25, 0.3) is 10.9 Å². The Bertz CT molecular complexity index is 767. The number of nitrogens with zero attached hydrogens (tertiary/aromatic N) is 2. The number of amides is 2. The first-order valence-electron chi connectivity index (χ1n) is 8.94. The lowest BCUT2D eigenvalue weighted by Crippen LogP contribution is -2.50. The van der Waals surface area contributed by atoms with Gasteiger partial charge in [0, 0.05) is 18.0 Å². The van der Waals surface area contributed by atoms with E-state index >= 15 is 0 Å². The minimum Gasteiger partial charge on any atom is -0.334 e. The molecule has 0 saturated heterocycles. The van der Waals surface area contributed by atoms with Gasteiger partial charge >= 0.3 is 6.03 Å². The molecule has 126 valence electrons. The smallest absolute Gasteiger partial charge is 0.333 e. The number of aryl methyl sites for hydroxylation is 1. The Labute approximate surface area is 142 Å². The van der Waals surface area contributed by atoms with Gasteiger partial charge in [0.1, 0.15) is 0 Å². The molecule has 5 heteroatoms. The lowest BCUT2D eigenvalue weighted by molar-refractivity contribution is 0.232. The first kappa shape index (κ1) is 15.2. The van der Waals surface area contributed by atoms with Crippen molar-refractivity contribution >= 4 is 22.8 Å². The van der Waals surface area contributed by atoms with E-state index in [2.05, 4.69) is 41.9 Å². The molecule has 0 radical (unpaired) electrons. The fraction of sp³-hybridized carbons (Fsp3) is 0.474. The van der Waals surface area contributed by atoms with Crippen molar-refractivity contribution in [3.05, 3.63) is 35.4 Å². The molecule has 1 aromatic heterocycles. The van der Waals surface area contributed by atoms with E-state index in [1.54, 1.807) is 0 Å². The van der Waals surface area contributed by atoms with Gasteiger partial charge < -0.3 is 5.32 Å². The fourth-order valence-electron chi connectivity index (χ4n) is 3.76. The van der Waals surface area contributed by atoms with Crippen molar-refractivity contribution in [3.8, 4) is 0 Å². The minimum absolute atomic E-state index is 0.110. The number of pyridine rings is 1. The van der Waals surface area contributed by atoms with Crippen LogP contribution in [0.5, 0.6) is 0 Å². The van der Waals surface area contributed by atoms with Gasteiger partial charge in [-0.2, -0.15) is 0 Å². The molecular weight excluding hydrogens is 300 g/mol. The number of fused-ring (bicyclic) bond motifs is 2. The maximum atomic E-state index is 12.3. The van der Waals surface area contributed by atoms with E-state index in [-0.39, 0.29) is 6.03 Å². The largest absolute Gasteiger partial charge is 0.334 e. The monoisotopic (exact) mass is 324 g/mol. The first-order chi connectivity index (χ1) is 11.7. The maximum absolute atomic E-state index is 12.3. The summed E-state index contributed by atoms with van der Waals surface area (Å²) in [5.41, 5.74) is 6.36. The maximum Gasteiger partial charge on any atom is 0.333 e. The number of nitrogens with one attached hydrogen (secondary N) is 2. The molecule has 0 atom stereocenters. The van der Waals surface area contributed by atoms with Gasteiger partial charge in [0.15, 0.2) is 5.82 Å². The average molecular weight is 324 g/mol. The molecule has 2 aromatic rings. The molecule has 2 heterocycles. The lowest BCUT2D eigenvalue weighted by Gasteiger charge is -2.25. The van der Waals surface area contributed by atoms with E-state index in [1.807, 2.05) is 5.01 Å². The minimum atomic E-state index is -0.110. The molecule has 1 aliphatic carbocycles. The van der Waals surface area contributed by atoms with Crippen molar-refractivity contribution in [2.45, 2.75) is 51.5 Å². The number of rotatable bonds is 2. The summed E-state index contributed by atoms with van der Waals surface area (Å²) in [6.07, 6.45) is 6.80. The van der Waals surface area contributed by atoms with Crippen molar-refractivity contribution in [2.75, 3.05) is 11.6 Å². The molecule has 2 aliphatic rings. The lowest BCUT2D eigenvalue weighted by atomic mass is 9.96. The van der Waals surface area contributed by atoms with E-state index < -0.39 is 0 Å². The fourth-order valence-corrected chi connectivity index (χ4v) is 3.76. The number of carbonyl (C=O) groups is 1. The second kappa shape index (κ2) is 6.30. The molecule has 24 heavy (non-hydrogen) atoms. The van der Waals surface area contributed by atoms with Gasteiger partial charge in [0.05, 0.1) is 5.52 Å². The van der Waals surface area contributed by atoms with Gasteiger partial charge in [-0.25, -0.2) is 15.2 Å². The third-order valence-electron chi connectivity index (χ3n) is 5.07. The molecule has 2 amide bonds. The van der Waals surface area contributed by atoms with Gasteiger partial charge in [0.2, 0.25) is 0 Å². The summed E-state index contributed by atoms with van der Waals surface area (Å²) >= 11 is 0. The summed E-state index contributed by atoms with van der Waals surface area (Å²) in [7, 11) is 0. The number of anilines is 1. The van der Waals surface area contributed by atoms with Crippen molar-refractivity contribution in [2.24, 2.45) is 0 Å². The van der Waals surface area contributed by atoms with E-state index in [1.165, 1.54) is 30.4 Å². The number of carbonyl (C=O) groups excluding carboxylic acids is 1. The van der Waals surface area contributed by atoms with Crippen LogP contribution in [0, 0.1) is 6.92 Å². The van der Waals surface area contributed by atoms with Gasteiger partial charge in [0.25, 0.3) is 0 Å². The first-order valence-corrected chi connectivity index (χ1v) is 8.94. The second-order valence-corrected chi connectivity index (χ2v) is 6.99. The third-order valence-corrected chi connectivity index (χ3v) is 5.07. The van der Waals surface area contributed by atoms with Gasteiger partial charge in [-0.15, -0.1) is 0 Å². The van der Waals surface area contributed by atoms with E-state index in [0.717, 1.165) is 42.5 Å². The molecule has 2 N–H and O–H groups in total. The molecule has 4 rings (SSSR count). The Hall–Kier alpha value is -2.30. The highest BCUT2D eigenvalue weighted by Gasteiger charge is 2.24. The van der Waals surface area contributed by atoms with Gasteiger partial charge in [-0.3, -0.25) is 5.01 Å². The molecule has 0 unspecified atom stereocenters. The van der Waals surface area contributed by atoms with Crippen LogP contribution in [0.2, 0.25) is 0 Å². The number of aromatic nitrogens is 1. The number of hydrogen-bond acceptors (Lipinski definition) is 3. The summed E-state index contributed by atoms with van der Waals surface area (Å²) in [6.45, 7) is 2.84. The number of hydrogen-bond donors (Lipinski definition) is 2. The van der Waals surface area contributed by atoms with E-state index in [9.17, 15) is 4.79 Å². The molecule has 1 saturated carbocycles. The molecule has 1 aromatic carbocycles. The summed E-state index contributed by atoms with van der Waals surface area (Å²) in [5, 5.41) is 6.15. The SMILES string of the molecule is Cc1ccc2cc3c(nc2c1)N(NC(=O)NC1CCCCC1)CC3. The van der Waals surface area contributed by atoms with Crippen LogP contribution in [-0.2, 0) is 6.42 Å². The van der Waals surface area contributed by atoms with Crippen LogP contribution in [0.3, 0.4) is 0 Å². The normalized spacial score (nSPS) is 17.8. The van der Waals surface area contributed by atoms with E-state index in [0.29, 0.717) is 6.04 Å². The van der Waals surface area contributed by atoms with Crippen molar-refractivity contribution in [1.29, 1.82) is 0 Å². The van der Waals surface area contributed by atoms with Crippen LogP contribution in [0.1, 0.15) is 43.2 Å². The van der Waals surface area contributed by atoms with Gasteiger partial charge in [-0.05, 0) is 49.4 Å². The van der Waals surface area contributed by atoms with Gasteiger partial charge in [-0.1, -0.05) is 31.4 Å². The molecule has 1 fully saturated rings. The highest BCUT2D eigenvalue weighted by Crippen LogP contribution is 2.28. The summed E-state index contributed by atoms with van der Waals surface area (Å²) in [6, 6.07) is 8.71. The van der Waals surface area contributed by atoms with E-state index in [4.69, 9.17) is 4.98 Å². The number of benzene rings is 1. The Morgan fingerprint density at radius 3 is 2.88 bits per heavy atom. The third kappa shape index (κ3) is 3.03. The summed E-state index contributed by atoms with van der Waals surface area (Å²) in [5.74, 6) is 0.881.